The van der Waals surface area contributed by atoms with Crippen LogP contribution in [0.4, 0.5) is 4.79 Å². The Hall–Kier alpha value is -2.24. The predicted octanol–water partition coefficient (Wildman–Crippen LogP) is 1.99. The molecular weight excluding hydrogens is 460 g/mol. The molecule has 192 valence electrons. The number of nitrogens with one attached hydrogen (secondary N) is 1. The number of ether oxygens (including phenoxy) is 1. The number of aliphatic hydroxyl groups is 1. The van der Waals surface area contributed by atoms with Crippen molar-refractivity contribution in [3.05, 3.63) is 24.4 Å². The van der Waals surface area contributed by atoms with Crippen molar-refractivity contribution in [2.45, 2.75) is 82.7 Å². The average molecular weight is 499 g/mol. The van der Waals surface area contributed by atoms with Crippen LogP contribution in [0.2, 0.25) is 0 Å². The summed E-state index contributed by atoms with van der Waals surface area (Å²) in [7, 11) is -2.99. The van der Waals surface area contributed by atoms with Gasteiger partial charge in [-0.1, -0.05) is 19.9 Å². The lowest BCUT2D eigenvalue weighted by Gasteiger charge is -2.38. The van der Waals surface area contributed by atoms with Crippen LogP contribution in [-0.4, -0.2) is 83.6 Å². The second-order valence-electron chi connectivity index (χ2n) is 10.0. The number of nitrogens with zero attached hydrogens (tertiary/aromatic N) is 3. The maximum Gasteiger partial charge on any atom is 0.410 e. The summed E-state index contributed by atoms with van der Waals surface area (Å²) in [6.45, 7) is 9.63. The fourth-order valence-corrected chi connectivity index (χ4v) is 5.43. The molecular formula is C23H38N4O6S. The van der Waals surface area contributed by atoms with Gasteiger partial charge in [0.25, 0.3) is 15.9 Å². The van der Waals surface area contributed by atoms with Gasteiger partial charge in [-0.3, -0.25) is 9.69 Å². The molecule has 2 rings (SSSR count). The van der Waals surface area contributed by atoms with E-state index < -0.39 is 45.8 Å². The van der Waals surface area contributed by atoms with E-state index in [1.54, 1.807) is 26.8 Å². The number of aliphatic hydroxyl groups excluding tert-OH is 1. The van der Waals surface area contributed by atoms with Gasteiger partial charge in [0.1, 0.15) is 11.6 Å². The lowest BCUT2D eigenvalue weighted by atomic mass is 10.0. The van der Waals surface area contributed by atoms with E-state index in [2.05, 4.69) is 10.3 Å². The molecule has 10 nitrogen and oxygen atoms in total. The maximum absolute atomic E-state index is 14.0. The van der Waals surface area contributed by atoms with Crippen LogP contribution < -0.4 is 5.32 Å². The number of hydrogen-bond acceptors (Lipinski definition) is 8. The normalized spacial score (nSPS) is 20.4. The van der Waals surface area contributed by atoms with Crippen molar-refractivity contribution in [3.8, 4) is 0 Å². The zero-order valence-electron chi connectivity index (χ0n) is 20.9. The SMILES string of the molecule is CC(C)CC(C(=O)N(C1CCCNC[C@@H]1O)S(=O)(=O)c1ccccn1)N(C)C(=O)OC(C)(C)C. The predicted molar refractivity (Wildman–Crippen MR) is 127 cm³/mol. The first-order valence-electron chi connectivity index (χ1n) is 11.6. The Labute approximate surface area is 202 Å². The first kappa shape index (κ1) is 28.0. The molecule has 11 heteroatoms. The molecule has 0 radical (unpaired) electrons. The minimum Gasteiger partial charge on any atom is -0.444 e. The fourth-order valence-electron chi connectivity index (χ4n) is 3.83. The van der Waals surface area contributed by atoms with Gasteiger partial charge in [0.15, 0.2) is 5.03 Å². The minimum atomic E-state index is -4.42. The summed E-state index contributed by atoms with van der Waals surface area (Å²) in [5.74, 6) is -0.822. The summed E-state index contributed by atoms with van der Waals surface area (Å²) in [6, 6.07) is 2.29. The highest BCUT2D eigenvalue weighted by molar-refractivity contribution is 7.89. The summed E-state index contributed by atoms with van der Waals surface area (Å²) in [5.41, 5.74) is -0.792. The van der Waals surface area contributed by atoms with Gasteiger partial charge in [-0.05, 0) is 64.6 Å². The van der Waals surface area contributed by atoms with Gasteiger partial charge in [-0.15, -0.1) is 0 Å². The van der Waals surface area contributed by atoms with E-state index in [9.17, 15) is 23.1 Å². The first-order valence-corrected chi connectivity index (χ1v) is 13.0. The molecule has 3 atom stereocenters. The monoisotopic (exact) mass is 498 g/mol. The van der Waals surface area contributed by atoms with Crippen LogP contribution in [-0.2, 0) is 19.6 Å². The van der Waals surface area contributed by atoms with Crippen LogP contribution in [0.1, 0.15) is 53.9 Å². The molecule has 1 aliphatic heterocycles. The van der Waals surface area contributed by atoms with Crippen molar-refractivity contribution in [2.75, 3.05) is 20.1 Å². The molecule has 0 spiro atoms. The van der Waals surface area contributed by atoms with Crippen LogP contribution in [0.15, 0.2) is 29.4 Å². The fraction of sp³-hybridized carbons (Fsp3) is 0.696. The molecule has 1 aromatic heterocycles. The van der Waals surface area contributed by atoms with E-state index in [-0.39, 0.29) is 30.3 Å². The number of β-amino-alcohol motifs (C(OH)–C–C–N with tert-alkyl or cyclic N) is 1. The smallest absolute Gasteiger partial charge is 0.410 e. The molecule has 34 heavy (non-hydrogen) atoms. The zero-order chi connectivity index (χ0) is 25.7. The second kappa shape index (κ2) is 11.5. The van der Waals surface area contributed by atoms with Crippen molar-refractivity contribution < 1.29 is 27.9 Å². The Kier molecular flexibility index (Phi) is 9.44. The van der Waals surface area contributed by atoms with Crippen molar-refractivity contribution >= 4 is 22.0 Å². The highest BCUT2D eigenvalue weighted by Gasteiger charge is 2.45. The molecule has 2 amide bonds. The molecule has 2 heterocycles. The molecule has 0 aromatic carbocycles. The molecule has 2 unspecified atom stereocenters. The number of carbonyl (C=O) groups is 2. The van der Waals surface area contributed by atoms with Gasteiger partial charge >= 0.3 is 6.09 Å². The summed E-state index contributed by atoms with van der Waals surface area (Å²) < 4.78 is 33.6. The van der Waals surface area contributed by atoms with E-state index in [4.69, 9.17) is 4.74 Å². The Bertz CT molecular complexity index is 933. The number of aromatic nitrogens is 1. The van der Waals surface area contributed by atoms with Gasteiger partial charge in [-0.25, -0.2) is 14.1 Å². The summed E-state index contributed by atoms with van der Waals surface area (Å²) in [5, 5.41) is 13.6. The van der Waals surface area contributed by atoms with Crippen LogP contribution in [0, 0.1) is 5.92 Å². The zero-order valence-corrected chi connectivity index (χ0v) is 21.7. The van der Waals surface area contributed by atoms with Gasteiger partial charge in [0.2, 0.25) is 0 Å². The van der Waals surface area contributed by atoms with Gasteiger partial charge in [-0.2, -0.15) is 8.42 Å². The summed E-state index contributed by atoms with van der Waals surface area (Å²) in [6.07, 6.45) is 0.542. The Morgan fingerprint density at radius 1 is 1.29 bits per heavy atom. The van der Waals surface area contributed by atoms with E-state index in [0.29, 0.717) is 13.0 Å². The van der Waals surface area contributed by atoms with Crippen molar-refractivity contribution in [1.29, 1.82) is 0 Å². The number of hydrogen-bond donors (Lipinski definition) is 2. The molecule has 0 saturated carbocycles. The minimum absolute atomic E-state index is 0.0287. The average Bonchev–Trinajstić information content (AvgIpc) is 2.95. The van der Waals surface area contributed by atoms with Gasteiger partial charge in [0.05, 0.1) is 12.1 Å². The first-order chi connectivity index (χ1) is 15.8. The van der Waals surface area contributed by atoms with Gasteiger partial charge in [0, 0.05) is 19.8 Å². The highest BCUT2D eigenvalue weighted by Crippen LogP contribution is 2.27. The highest BCUT2D eigenvalue weighted by atomic mass is 32.2. The quantitative estimate of drug-likeness (QED) is 0.584. The van der Waals surface area contributed by atoms with Gasteiger partial charge < -0.3 is 15.2 Å². The third-order valence-corrected chi connectivity index (χ3v) is 7.20. The van der Waals surface area contributed by atoms with Crippen LogP contribution in [0.25, 0.3) is 0 Å². The molecule has 1 saturated heterocycles. The van der Waals surface area contributed by atoms with Crippen molar-refractivity contribution in [3.63, 3.8) is 0 Å². The molecule has 0 bridgehead atoms. The summed E-state index contributed by atoms with van der Waals surface area (Å²) in [4.78, 5) is 32.0. The Morgan fingerprint density at radius 3 is 2.53 bits per heavy atom. The number of amides is 2. The molecule has 0 aliphatic carbocycles. The number of sulfonamides is 1. The molecule has 2 N–H and O–H groups in total. The van der Waals surface area contributed by atoms with Crippen molar-refractivity contribution in [2.24, 2.45) is 5.92 Å². The Morgan fingerprint density at radius 2 is 1.97 bits per heavy atom. The molecule has 1 aliphatic rings. The third-order valence-electron chi connectivity index (χ3n) is 5.46. The number of pyridine rings is 1. The number of likely N-dealkylation sites (N-methyl/N-ethyl adjacent to an activating group) is 1. The van der Waals surface area contributed by atoms with E-state index in [1.165, 1.54) is 25.4 Å². The number of rotatable bonds is 7. The topological polar surface area (TPSA) is 129 Å². The van der Waals surface area contributed by atoms with Crippen LogP contribution in [0.5, 0.6) is 0 Å². The largest absolute Gasteiger partial charge is 0.444 e. The standard InChI is InChI=1S/C23H38N4O6S/c1-16(2)14-18(26(6)22(30)33-23(3,4)5)21(29)27(17-10-9-12-24-15-19(17)28)34(31,32)20-11-7-8-13-25-20/h7-8,11,13,16-19,24,28H,9-10,12,14-15H2,1-6H3/t17?,18?,19-/m0/s1. The van der Waals surface area contributed by atoms with Crippen LogP contribution in [0.3, 0.4) is 0 Å². The third kappa shape index (κ3) is 7.13. The molecule has 1 fully saturated rings. The maximum atomic E-state index is 14.0. The van der Waals surface area contributed by atoms with Crippen molar-refractivity contribution in [1.82, 2.24) is 19.5 Å². The lowest BCUT2D eigenvalue weighted by molar-refractivity contribution is -0.135. The van der Waals surface area contributed by atoms with E-state index >= 15 is 0 Å². The Balaban J connectivity index is 2.57. The summed E-state index contributed by atoms with van der Waals surface area (Å²) >= 11 is 0. The van der Waals surface area contributed by atoms with E-state index in [0.717, 1.165) is 9.21 Å². The number of carbonyl (C=O) groups excluding carboxylic acids is 2. The van der Waals surface area contributed by atoms with E-state index in [1.807, 2.05) is 13.8 Å². The van der Waals surface area contributed by atoms with Crippen LogP contribution >= 0.6 is 0 Å². The second-order valence-corrected chi connectivity index (χ2v) is 11.8. The molecule has 1 aromatic rings. The lowest BCUT2D eigenvalue weighted by Crippen LogP contribution is -2.58.